The van der Waals surface area contributed by atoms with Gasteiger partial charge in [0.25, 0.3) is 11.8 Å². The number of fused-ring (bicyclic) bond motifs is 1. The molecule has 230 valence electrons. The lowest BCUT2D eigenvalue weighted by Crippen LogP contribution is -2.69. The molecule has 2 aromatic rings. The first-order valence-electron chi connectivity index (χ1n) is 14.9. The van der Waals surface area contributed by atoms with Crippen LogP contribution in [0.5, 0.6) is 0 Å². The van der Waals surface area contributed by atoms with Crippen LogP contribution < -0.4 is 10.6 Å². The molecule has 44 heavy (non-hydrogen) atoms. The standard InChI is InChI=1S/C28H40B5FN4O6/c1-15-11-37(12-16(2)44-15)13-17-7-8-20(34)18(9-17)10-36-21-6-4-5-19-22(21)27(42,43)38(23(19)40)25(29,14-39)28(32,33)26(30,31)24(41)35-3/h4-9,14-16,36,42-43H,10-13,29-33H2,1-3H3,(H,35,41). The molecular formula is C28H40B5FN4O6. The number of rotatable bonds is 10. The largest absolute Gasteiger partial charge is 0.380 e. The summed E-state index contributed by atoms with van der Waals surface area (Å²) < 4.78 is 20.8. The van der Waals surface area contributed by atoms with Gasteiger partial charge in [0.1, 0.15) is 51.3 Å². The molecular weight excluding hydrogens is 561 g/mol. The first-order valence-corrected chi connectivity index (χ1v) is 14.9. The Kier molecular flexibility index (Phi) is 9.25. The summed E-state index contributed by atoms with van der Waals surface area (Å²) >= 11 is 0. The highest BCUT2D eigenvalue weighted by Gasteiger charge is 2.64. The normalized spacial score (nSPS) is 21.8. The quantitative estimate of drug-likeness (QED) is 0.126. The summed E-state index contributed by atoms with van der Waals surface area (Å²) in [5.41, 5.74) is -0.547. The number of aliphatic hydroxyl groups is 2. The van der Waals surface area contributed by atoms with E-state index < -0.39 is 33.5 Å². The molecule has 16 heteroatoms. The van der Waals surface area contributed by atoms with E-state index >= 15 is 0 Å². The Bertz CT molecular complexity index is 1450. The van der Waals surface area contributed by atoms with Crippen molar-refractivity contribution in [2.24, 2.45) is 0 Å². The van der Waals surface area contributed by atoms with Crippen molar-refractivity contribution in [3.63, 3.8) is 0 Å². The number of anilines is 1. The van der Waals surface area contributed by atoms with Gasteiger partial charge in [-0.15, -0.1) is 0 Å². The maximum Gasteiger partial charge on any atom is 0.280 e. The van der Waals surface area contributed by atoms with Crippen LogP contribution in [0.2, 0.25) is 10.4 Å². The number of hydrogen-bond acceptors (Lipinski definition) is 8. The summed E-state index contributed by atoms with van der Waals surface area (Å²) in [4.78, 5) is 42.5. The predicted octanol–water partition coefficient (Wildman–Crippen LogP) is -3.36. The van der Waals surface area contributed by atoms with E-state index in [1.165, 1.54) is 27.0 Å². The van der Waals surface area contributed by atoms with Crippen molar-refractivity contribution in [3.05, 3.63) is 64.5 Å². The van der Waals surface area contributed by atoms with E-state index in [2.05, 4.69) is 15.5 Å². The third-order valence-corrected chi connectivity index (χ3v) is 9.94. The molecule has 2 aliphatic heterocycles. The van der Waals surface area contributed by atoms with E-state index in [1.807, 2.05) is 13.8 Å². The van der Waals surface area contributed by atoms with Crippen LogP contribution in [0.25, 0.3) is 0 Å². The van der Waals surface area contributed by atoms with Gasteiger partial charge in [0, 0.05) is 44.5 Å². The zero-order valence-corrected chi connectivity index (χ0v) is 26.8. The Morgan fingerprint density at radius 2 is 1.77 bits per heavy atom. The molecule has 2 amide bonds. The topological polar surface area (TPSA) is 131 Å². The molecule has 1 fully saturated rings. The van der Waals surface area contributed by atoms with E-state index in [0.717, 1.165) is 23.6 Å². The van der Waals surface area contributed by atoms with Crippen molar-refractivity contribution < 1.29 is 33.7 Å². The van der Waals surface area contributed by atoms with Gasteiger partial charge in [-0.05, 0) is 48.9 Å². The molecule has 2 aromatic carbocycles. The minimum Gasteiger partial charge on any atom is -0.380 e. The van der Waals surface area contributed by atoms with Crippen LogP contribution in [-0.4, -0.2) is 115 Å². The van der Waals surface area contributed by atoms with Crippen molar-refractivity contribution in [2.45, 2.75) is 60.9 Å². The molecule has 0 bridgehead atoms. The summed E-state index contributed by atoms with van der Waals surface area (Å²) in [6.07, 6.45) is 0.676. The first-order chi connectivity index (χ1) is 20.4. The lowest BCUT2D eigenvalue weighted by molar-refractivity contribution is -0.262. The van der Waals surface area contributed by atoms with E-state index in [0.29, 0.717) is 18.4 Å². The second kappa shape index (κ2) is 12.0. The molecule has 2 heterocycles. The van der Waals surface area contributed by atoms with Gasteiger partial charge in [-0.1, -0.05) is 17.3 Å². The maximum absolute atomic E-state index is 15.0. The van der Waals surface area contributed by atoms with Crippen molar-refractivity contribution >= 4 is 63.0 Å². The van der Waals surface area contributed by atoms with Gasteiger partial charge in [0.05, 0.1) is 28.8 Å². The zero-order chi connectivity index (χ0) is 32.8. The average molecular weight is 602 g/mol. The summed E-state index contributed by atoms with van der Waals surface area (Å²) in [7, 11) is 9.42. The Morgan fingerprint density at radius 3 is 2.36 bits per heavy atom. The number of carbonyl (C=O) groups is 3. The van der Waals surface area contributed by atoms with Crippen molar-refractivity contribution in [3.8, 4) is 0 Å². The maximum atomic E-state index is 15.0. The van der Waals surface area contributed by atoms with Gasteiger partial charge in [0.15, 0.2) is 0 Å². The van der Waals surface area contributed by atoms with Crippen LogP contribution in [0, 0.1) is 5.82 Å². The van der Waals surface area contributed by atoms with E-state index in [4.69, 9.17) is 4.74 Å². The molecule has 0 spiro atoms. The Balaban J connectivity index is 1.64. The number of ether oxygens (including phenoxy) is 1. The van der Waals surface area contributed by atoms with Gasteiger partial charge >= 0.3 is 0 Å². The Morgan fingerprint density at radius 1 is 1.14 bits per heavy atom. The predicted molar refractivity (Wildman–Crippen MR) is 179 cm³/mol. The highest BCUT2D eigenvalue weighted by molar-refractivity contribution is 6.64. The number of benzene rings is 2. The highest BCUT2D eigenvalue weighted by Crippen LogP contribution is 2.55. The van der Waals surface area contributed by atoms with Crippen molar-refractivity contribution in [1.29, 1.82) is 0 Å². The Labute approximate surface area is 262 Å². The minimum absolute atomic E-state index is 0.00351. The van der Waals surface area contributed by atoms with Gasteiger partial charge < -0.3 is 30.4 Å². The molecule has 10 nitrogen and oxygen atoms in total. The third-order valence-electron chi connectivity index (χ3n) is 9.94. The lowest BCUT2D eigenvalue weighted by atomic mass is 9.22. The summed E-state index contributed by atoms with van der Waals surface area (Å²) in [5, 5.41) is 26.5. The lowest BCUT2D eigenvalue weighted by Gasteiger charge is -2.56. The second-order valence-corrected chi connectivity index (χ2v) is 13.3. The minimum atomic E-state index is -2.92. The molecule has 3 atom stereocenters. The molecule has 2 aliphatic rings. The average Bonchev–Trinajstić information content (AvgIpc) is 3.16. The van der Waals surface area contributed by atoms with Gasteiger partial charge in [-0.3, -0.25) is 19.4 Å². The van der Waals surface area contributed by atoms with Gasteiger partial charge in [0.2, 0.25) is 5.91 Å². The van der Waals surface area contributed by atoms with Crippen LogP contribution in [0.4, 0.5) is 10.1 Å². The summed E-state index contributed by atoms with van der Waals surface area (Å²) in [6, 6.07) is 9.50. The van der Waals surface area contributed by atoms with Crippen LogP contribution in [0.3, 0.4) is 0 Å². The number of aldehydes is 1. The molecule has 4 N–H and O–H groups in total. The molecule has 0 radical (unpaired) electrons. The third kappa shape index (κ3) is 5.61. The second-order valence-electron chi connectivity index (χ2n) is 13.3. The van der Waals surface area contributed by atoms with Gasteiger partial charge in [-0.2, -0.15) is 0 Å². The summed E-state index contributed by atoms with van der Waals surface area (Å²) in [5.74, 6) is -4.52. The highest BCUT2D eigenvalue weighted by atomic mass is 19.1. The van der Waals surface area contributed by atoms with E-state index in [-0.39, 0.29) is 41.5 Å². The van der Waals surface area contributed by atoms with E-state index in [9.17, 15) is 29.0 Å². The Hall–Kier alpha value is -3.06. The number of amides is 2. The monoisotopic (exact) mass is 602 g/mol. The van der Waals surface area contributed by atoms with Crippen LogP contribution >= 0.6 is 0 Å². The molecule has 0 aliphatic carbocycles. The van der Waals surface area contributed by atoms with E-state index in [1.54, 1.807) is 55.7 Å². The van der Waals surface area contributed by atoms with Crippen molar-refractivity contribution in [2.75, 3.05) is 25.5 Å². The number of halogens is 1. The van der Waals surface area contributed by atoms with Gasteiger partial charge in [-0.25, -0.2) is 4.39 Å². The number of nitrogens with zero attached hydrogens (tertiary/aromatic N) is 2. The van der Waals surface area contributed by atoms with Crippen LogP contribution in [0.1, 0.15) is 40.9 Å². The molecule has 4 rings (SSSR count). The SMILES string of the molecule is BC(B)(C(=O)NC)C(B)(B)C(B)(C=O)N1C(=O)c2cccc(NCc3cc(CN4CC(C)OC(C)C4)ccc3F)c2C1(O)O. The smallest absolute Gasteiger partial charge is 0.280 e. The number of carbonyl (C=O) groups excluding carboxylic acids is 3. The van der Waals surface area contributed by atoms with Crippen molar-refractivity contribution in [1.82, 2.24) is 15.1 Å². The number of hydrogen-bond donors (Lipinski definition) is 4. The molecule has 3 unspecified atom stereocenters. The molecule has 1 saturated heterocycles. The fraction of sp³-hybridized carbons (Fsp3) is 0.464. The molecule has 0 saturated carbocycles. The molecule has 0 aromatic heterocycles. The van der Waals surface area contributed by atoms with Crippen LogP contribution in [-0.2, 0) is 33.3 Å². The first kappa shape index (κ1) is 33.8. The fourth-order valence-corrected chi connectivity index (χ4v) is 6.58. The van der Waals surface area contributed by atoms with Crippen LogP contribution in [0.15, 0.2) is 36.4 Å². The number of morpholine rings is 1. The fourth-order valence-electron chi connectivity index (χ4n) is 6.58. The zero-order valence-electron chi connectivity index (χ0n) is 26.8. The summed E-state index contributed by atoms with van der Waals surface area (Å²) in [6.45, 7) is 6.20. The number of nitrogens with one attached hydrogen (secondary N) is 2.